The van der Waals surface area contributed by atoms with Gasteiger partial charge in [0.2, 0.25) is 0 Å². The van der Waals surface area contributed by atoms with E-state index < -0.39 is 0 Å². The quantitative estimate of drug-likeness (QED) is 0.584. The topological polar surface area (TPSA) is 80.0 Å². The third-order valence-corrected chi connectivity index (χ3v) is 3.87. The zero-order chi connectivity index (χ0) is 13.8. The van der Waals surface area contributed by atoms with Crippen molar-refractivity contribution in [3.63, 3.8) is 0 Å². The molecule has 0 radical (unpaired) electrons. The minimum Gasteiger partial charge on any atom is -0.350 e. The Kier molecular flexibility index (Phi) is 4.61. The van der Waals surface area contributed by atoms with Crippen LogP contribution in [0.15, 0.2) is 12.1 Å². The highest BCUT2D eigenvalue weighted by atomic mass is 35.5. The van der Waals surface area contributed by atoms with Crippen LogP contribution in [-0.2, 0) is 0 Å². The maximum atomic E-state index is 12.0. The SMILES string of the molecule is CC1CCC(CNC(=O)c2nc(NN)ccc2Cl)C1. The van der Waals surface area contributed by atoms with Crippen LogP contribution in [0.5, 0.6) is 0 Å². The number of nitrogens with one attached hydrogen (secondary N) is 2. The van der Waals surface area contributed by atoms with Crippen molar-refractivity contribution >= 4 is 23.3 Å². The monoisotopic (exact) mass is 282 g/mol. The Hall–Kier alpha value is -1.33. The molecule has 1 fully saturated rings. The summed E-state index contributed by atoms with van der Waals surface area (Å²) in [4.78, 5) is 16.1. The van der Waals surface area contributed by atoms with Gasteiger partial charge in [-0.3, -0.25) is 4.79 Å². The first-order valence-electron chi connectivity index (χ1n) is 6.51. The maximum absolute atomic E-state index is 12.0. The zero-order valence-corrected chi connectivity index (χ0v) is 11.7. The number of hydrazine groups is 1. The lowest BCUT2D eigenvalue weighted by atomic mass is 10.1. The van der Waals surface area contributed by atoms with Crippen molar-refractivity contribution in [1.29, 1.82) is 0 Å². The molecule has 0 spiro atoms. The van der Waals surface area contributed by atoms with Crippen LogP contribution < -0.4 is 16.6 Å². The van der Waals surface area contributed by atoms with E-state index in [0.717, 1.165) is 5.92 Å². The number of halogens is 1. The van der Waals surface area contributed by atoms with E-state index in [1.165, 1.54) is 19.3 Å². The van der Waals surface area contributed by atoms with E-state index in [4.69, 9.17) is 17.4 Å². The number of anilines is 1. The van der Waals surface area contributed by atoms with Crippen LogP contribution in [0, 0.1) is 11.8 Å². The Morgan fingerprint density at radius 3 is 2.95 bits per heavy atom. The highest BCUT2D eigenvalue weighted by molar-refractivity contribution is 6.33. The Balaban J connectivity index is 1.96. The third-order valence-electron chi connectivity index (χ3n) is 3.56. The second-order valence-corrected chi connectivity index (χ2v) is 5.57. The molecule has 0 saturated heterocycles. The summed E-state index contributed by atoms with van der Waals surface area (Å²) in [6, 6.07) is 3.23. The van der Waals surface area contributed by atoms with Gasteiger partial charge in [-0.25, -0.2) is 10.8 Å². The predicted octanol–water partition coefficient (Wildman–Crippen LogP) is 2.19. The molecule has 0 bridgehead atoms. The molecule has 104 valence electrons. The maximum Gasteiger partial charge on any atom is 0.271 e. The lowest BCUT2D eigenvalue weighted by molar-refractivity contribution is 0.0942. The van der Waals surface area contributed by atoms with Gasteiger partial charge in [-0.1, -0.05) is 24.9 Å². The molecule has 1 aromatic rings. The fourth-order valence-corrected chi connectivity index (χ4v) is 2.70. The molecular formula is C13H19ClN4O. The molecule has 2 atom stereocenters. The van der Waals surface area contributed by atoms with Crippen LogP contribution in [0.25, 0.3) is 0 Å². The first kappa shape index (κ1) is 14.1. The van der Waals surface area contributed by atoms with Crippen LogP contribution in [0.3, 0.4) is 0 Å². The number of nitrogen functional groups attached to an aromatic ring is 1. The second-order valence-electron chi connectivity index (χ2n) is 5.17. The molecule has 1 aliphatic rings. The summed E-state index contributed by atoms with van der Waals surface area (Å²) in [7, 11) is 0. The van der Waals surface area contributed by atoms with Crippen molar-refractivity contribution in [2.45, 2.75) is 26.2 Å². The van der Waals surface area contributed by atoms with Gasteiger partial charge < -0.3 is 10.7 Å². The normalized spacial score (nSPS) is 22.3. The highest BCUT2D eigenvalue weighted by Gasteiger charge is 2.22. The van der Waals surface area contributed by atoms with Crippen LogP contribution in [-0.4, -0.2) is 17.4 Å². The largest absolute Gasteiger partial charge is 0.350 e. The molecule has 2 unspecified atom stereocenters. The molecule has 1 heterocycles. The number of nitrogens with two attached hydrogens (primary N) is 1. The third kappa shape index (κ3) is 3.58. The summed E-state index contributed by atoms with van der Waals surface area (Å²) in [6.45, 7) is 2.93. The minimum absolute atomic E-state index is 0.211. The number of amides is 1. The number of hydrogen-bond donors (Lipinski definition) is 3. The van der Waals surface area contributed by atoms with E-state index in [1.807, 2.05) is 0 Å². The fraction of sp³-hybridized carbons (Fsp3) is 0.538. The van der Waals surface area contributed by atoms with Gasteiger partial charge in [0.05, 0.1) is 5.02 Å². The van der Waals surface area contributed by atoms with E-state index in [-0.39, 0.29) is 11.6 Å². The summed E-state index contributed by atoms with van der Waals surface area (Å²) in [5.41, 5.74) is 2.61. The van der Waals surface area contributed by atoms with Gasteiger partial charge in [-0.05, 0) is 36.8 Å². The van der Waals surface area contributed by atoms with E-state index in [9.17, 15) is 4.79 Å². The first-order chi connectivity index (χ1) is 9.10. The Bertz CT molecular complexity index is 466. The highest BCUT2D eigenvalue weighted by Crippen LogP contribution is 2.29. The van der Waals surface area contributed by atoms with Crippen LogP contribution >= 0.6 is 11.6 Å². The smallest absolute Gasteiger partial charge is 0.271 e. The molecule has 0 aliphatic heterocycles. The van der Waals surface area contributed by atoms with Crippen molar-refractivity contribution in [3.8, 4) is 0 Å². The standard InChI is InChI=1S/C13H19ClN4O/c1-8-2-3-9(6-8)7-16-13(19)12-10(14)4-5-11(17-12)18-15/h4-5,8-9H,2-3,6-7,15H2,1H3,(H,16,19)(H,17,18). The van der Waals surface area contributed by atoms with Gasteiger partial charge in [0.1, 0.15) is 11.5 Å². The average Bonchev–Trinajstić information content (AvgIpc) is 2.82. The van der Waals surface area contributed by atoms with E-state index in [0.29, 0.717) is 23.3 Å². The number of rotatable bonds is 4. The van der Waals surface area contributed by atoms with Gasteiger partial charge in [0.15, 0.2) is 0 Å². The summed E-state index contributed by atoms with van der Waals surface area (Å²) >= 11 is 5.97. The number of pyridine rings is 1. The average molecular weight is 283 g/mol. The van der Waals surface area contributed by atoms with Crippen LogP contribution in [0.2, 0.25) is 5.02 Å². The number of nitrogens with zero attached hydrogens (tertiary/aromatic N) is 1. The molecule has 6 heteroatoms. The minimum atomic E-state index is -0.248. The van der Waals surface area contributed by atoms with Crippen LogP contribution in [0.4, 0.5) is 5.82 Å². The molecule has 0 aromatic carbocycles. The lowest BCUT2D eigenvalue weighted by Gasteiger charge is -2.12. The van der Waals surface area contributed by atoms with E-state index in [2.05, 4.69) is 22.7 Å². The van der Waals surface area contributed by atoms with Gasteiger partial charge in [0.25, 0.3) is 5.91 Å². The fourth-order valence-electron chi connectivity index (χ4n) is 2.51. The van der Waals surface area contributed by atoms with Gasteiger partial charge >= 0.3 is 0 Å². The Morgan fingerprint density at radius 1 is 1.53 bits per heavy atom. The number of carbonyl (C=O) groups excluding carboxylic acids is 1. The molecule has 19 heavy (non-hydrogen) atoms. The molecule has 1 amide bonds. The van der Waals surface area contributed by atoms with E-state index in [1.54, 1.807) is 12.1 Å². The first-order valence-corrected chi connectivity index (χ1v) is 6.89. The van der Waals surface area contributed by atoms with Crippen molar-refractivity contribution in [2.75, 3.05) is 12.0 Å². The zero-order valence-electron chi connectivity index (χ0n) is 10.9. The van der Waals surface area contributed by atoms with Crippen molar-refractivity contribution in [1.82, 2.24) is 10.3 Å². The summed E-state index contributed by atoms with van der Waals surface area (Å²) in [5, 5.41) is 3.23. The van der Waals surface area contributed by atoms with Crippen molar-refractivity contribution in [2.24, 2.45) is 17.7 Å². The molecule has 1 aromatic heterocycles. The van der Waals surface area contributed by atoms with Gasteiger partial charge in [-0.2, -0.15) is 0 Å². The Morgan fingerprint density at radius 2 is 2.32 bits per heavy atom. The van der Waals surface area contributed by atoms with Crippen LogP contribution in [0.1, 0.15) is 36.7 Å². The molecule has 1 saturated carbocycles. The molecule has 5 nitrogen and oxygen atoms in total. The summed E-state index contributed by atoms with van der Waals surface area (Å²) < 4.78 is 0. The lowest BCUT2D eigenvalue weighted by Crippen LogP contribution is -2.29. The Labute approximate surface area is 117 Å². The number of carbonyl (C=O) groups is 1. The number of hydrogen-bond acceptors (Lipinski definition) is 4. The molecule has 2 rings (SSSR count). The summed E-state index contributed by atoms with van der Waals surface area (Å²) in [6.07, 6.45) is 3.59. The number of aromatic nitrogens is 1. The van der Waals surface area contributed by atoms with Crippen molar-refractivity contribution < 1.29 is 4.79 Å². The molecule has 1 aliphatic carbocycles. The molecule has 4 N–H and O–H groups in total. The van der Waals surface area contributed by atoms with Gasteiger partial charge in [-0.15, -0.1) is 0 Å². The predicted molar refractivity (Wildman–Crippen MR) is 75.9 cm³/mol. The van der Waals surface area contributed by atoms with E-state index >= 15 is 0 Å². The van der Waals surface area contributed by atoms with Crippen molar-refractivity contribution in [3.05, 3.63) is 22.8 Å². The molecular weight excluding hydrogens is 264 g/mol. The summed E-state index contributed by atoms with van der Waals surface area (Å²) in [5.74, 6) is 6.76. The second kappa shape index (κ2) is 6.21. The van der Waals surface area contributed by atoms with Gasteiger partial charge in [0, 0.05) is 6.54 Å².